The van der Waals surface area contributed by atoms with Gasteiger partial charge in [-0.15, -0.1) is 0 Å². The van der Waals surface area contributed by atoms with Crippen molar-refractivity contribution in [1.29, 1.82) is 0 Å². The zero-order chi connectivity index (χ0) is 33.6. The van der Waals surface area contributed by atoms with Crippen molar-refractivity contribution in [2.45, 2.75) is 89.3 Å². The maximum Gasteiger partial charge on any atom is 0.314 e. The molecule has 2 saturated heterocycles. The van der Waals surface area contributed by atoms with E-state index in [1.54, 1.807) is 0 Å². The first-order chi connectivity index (χ1) is 23.1. The van der Waals surface area contributed by atoms with Gasteiger partial charge in [-0.1, -0.05) is 149 Å². The average Bonchev–Trinajstić information content (AvgIpc) is 4.06. The molecule has 2 saturated carbocycles. The van der Waals surface area contributed by atoms with Gasteiger partial charge >= 0.3 is 11.9 Å². The highest BCUT2D eigenvalue weighted by atomic mass is 16.6. The third-order valence-electron chi connectivity index (χ3n) is 12.3. The number of esters is 2. The van der Waals surface area contributed by atoms with E-state index in [0.717, 1.165) is 35.1 Å². The molecule has 4 fully saturated rings. The SMILES string of the molecule is CC(C)(C1CC1)[C@@]1(c2ccccc2)C[C@@H](c2ccccc2)C(=O)O1.CC(C)(C1CC1)[C@]1(c2ccccc2)C[C@H](c2ccccc2)C(=O)O1. The van der Waals surface area contributed by atoms with Gasteiger partial charge in [-0.3, -0.25) is 9.59 Å². The number of hydrogen-bond acceptors (Lipinski definition) is 4. The molecule has 248 valence electrons. The van der Waals surface area contributed by atoms with E-state index in [9.17, 15) is 9.59 Å². The van der Waals surface area contributed by atoms with Crippen molar-refractivity contribution in [3.05, 3.63) is 144 Å². The van der Waals surface area contributed by atoms with Gasteiger partial charge < -0.3 is 9.47 Å². The molecule has 4 heteroatoms. The zero-order valence-electron chi connectivity index (χ0n) is 28.7. The second kappa shape index (κ2) is 12.4. The van der Waals surface area contributed by atoms with Crippen molar-refractivity contribution in [3.63, 3.8) is 0 Å². The van der Waals surface area contributed by atoms with E-state index >= 15 is 0 Å². The molecule has 0 bridgehead atoms. The largest absolute Gasteiger partial charge is 0.453 e. The Kier molecular flexibility index (Phi) is 8.34. The lowest BCUT2D eigenvalue weighted by Crippen LogP contribution is -2.43. The Morgan fingerprint density at radius 3 is 1.06 bits per heavy atom. The van der Waals surface area contributed by atoms with Crippen LogP contribution in [0.3, 0.4) is 0 Å². The van der Waals surface area contributed by atoms with Gasteiger partial charge in [0.15, 0.2) is 0 Å². The van der Waals surface area contributed by atoms with Gasteiger partial charge in [0.1, 0.15) is 11.2 Å². The Bertz CT molecular complexity index is 1590. The summed E-state index contributed by atoms with van der Waals surface area (Å²) in [6.07, 6.45) is 6.38. The maximum absolute atomic E-state index is 12.8. The summed E-state index contributed by atoms with van der Waals surface area (Å²) in [5.74, 6) is 0.728. The number of carbonyl (C=O) groups is 2. The molecule has 4 aromatic rings. The van der Waals surface area contributed by atoms with Gasteiger partial charge in [0, 0.05) is 23.7 Å². The van der Waals surface area contributed by atoms with E-state index in [1.165, 1.54) is 25.7 Å². The van der Waals surface area contributed by atoms with Crippen LogP contribution in [0.5, 0.6) is 0 Å². The first-order valence-electron chi connectivity index (χ1n) is 17.8. The molecule has 48 heavy (non-hydrogen) atoms. The molecule has 0 unspecified atom stereocenters. The number of benzene rings is 4. The van der Waals surface area contributed by atoms with E-state index in [0.29, 0.717) is 11.8 Å². The van der Waals surface area contributed by atoms with Crippen LogP contribution in [0.25, 0.3) is 0 Å². The highest BCUT2D eigenvalue weighted by molar-refractivity contribution is 5.82. The molecule has 8 rings (SSSR count). The molecule has 2 aliphatic heterocycles. The van der Waals surface area contributed by atoms with Gasteiger partial charge in [-0.05, 0) is 59.8 Å². The Labute approximate surface area is 285 Å². The molecule has 4 nitrogen and oxygen atoms in total. The predicted octanol–water partition coefficient (Wildman–Crippen LogP) is 10.1. The lowest BCUT2D eigenvalue weighted by atomic mass is 9.65. The van der Waals surface area contributed by atoms with Crippen LogP contribution in [0.15, 0.2) is 121 Å². The average molecular weight is 641 g/mol. The third kappa shape index (κ3) is 5.57. The summed E-state index contributed by atoms with van der Waals surface area (Å²) in [5.41, 5.74) is 3.20. The highest BCUT2D eigenvalue weighted by Crippen LogP contribution is 2.63. The lowest BCUT2D eigenvalue weighted by Gasteiger charge is -2.43. The number of rotatable bonds is 8. The minimum atomic E-state index is -0.535. The van der Waals surface area contributed by atoms with Crippen molar-refractivity contribution in [3.8, 4) is 0 Å². The fraction of sp³-hybridized carbons (Fsp3) is 0.409. The quantitative estimate of drug-likeness (QED) is 0.180. The lowest BCUT2D eigenvalue weighted by molar-refractivity contribution is -0.164. The first-order valence-corrected chi connectivity index (χ1v) is 17.8. The molecule has 0 amide bonds. The Morgan fingerprint density at radius 2 is 0.771 bits per heavy atom. The van der Waals surface area contributed by atoms with Crippen LogP contribution >= 0.6 is 0 Å². The number of ether oxygens (including phenoxy) is 2. The standard InChI is InChI=1S/2C22H24O2/c2*1-21(2,17-13-14-17)22(18-11-7-4-8-12-18)15-19(20(23)24-22)16-9-5-3-6-10-16/h2*3-12,17,19H,13-15H2,1-2H3/t2*19-,22-/m10/s1. The van der Waals surface area contributed by atoms with Crippen LogP contribution in [0.1, 0.15) is 100 Å². The number of carbonyl (C=O) groups excluding carboxylic acids is 2. The molecule has 4 atom stereocenters. The van der Waals surface area contributed by atoms with E-state index in [1.807, 2.05) is 97.1 Å². The molecule has 0 N–H and O–H groups in total. The summed E-state index contributed by atoms with van der Waals surface area (Å²) in [6.45, 7) is 9.10. The van der Waals surface area contributed by atoms with Gasteiger partial charge in [0.05, 0.1) is 11.8 Å². The highest BCUT2D eigenvalue weighted by Gasteiger charge is 2.62. The van der Waals surface area contributed by atoms with Crippen LogP contribution in [-0.2, 0) is 30.3 Å². The van der Waals surface area contributed by atoms with E-state index < -0.39 is 11.2 Å². The van der Waals surface area contributed by atoms with Crippen molar-refractivity contribution in [1.82, 2.24) is 0 Å². The minimum Gasteiger partial charge on any atom is -0.453 e. The van der Waals surface area contributed by atoms with Crippen molar-refractivity contribution >= 4 is 11.9 Å². The molecule has 4 aromatic carbocycles. The molecule has 4 aliphatic rings. The van der Waals surface area contributed by atoms with Crippen LogP contribution in [-0.4, -0.2) is 11.9 Å². The third-order valence-corrected chi connectivity index (χ3v) is 12.3. The second-order valence-electron chi connectivity index (χ2n) is 15.6. The summed E-state index contributed by atoms with van der Waals surface area (Å²) >= 11 is 0. The normalized spacial score (nSPS) is 27.1. The Morgan fingerprint density at radius 1 is 0.479 bits per heavy atom. The zero-order valence-corrected chi connectivity index (χ0v) is 28.7. The van der Waals surface area contributed by atoms with Crippen LogP contribution in [0.2, 0.25) is 0 Å². The topological polar surface area (TPSA) is 52.6 Å². The molecule has 2 aliphatic carbocycles. The van der Waals surface area contributed by atoms with Crippen molar-refractivity contribution < 1.29 is 19.1 Å². The predicted molar refractivity (Wildman–Crippen MR) is 189 cm³/mol. The number of hydrogen-bond donors (Lipinski definition) is 0. The van der Waals surface area contributed by atoms with Gasteiger partial charge in [-0.25, -0.2) is 0 Å². The van der Waals surface area contributed by atoms with Gasteiger partial charge in [-0.2, -0.15) is 0 Å². The van der Waals surface area contributed by atoms with Gasteiger partial charge in [0.2, 0.25) is 0 Å². The summed E-state index contributed by atoms with van der Waals surface area (Å²) in [6, 6.07) is 40.8. The summed E-state index contributed by atoms with van der Waals surface area (Å²) in [4.78, 5) is 25.7. The molecular weight excluding hydrogens is 592 g/mol. The molecule has 0 spiro atoms. The van der Waals surface area contributed by atoms with E-state index in [2.05, 4.69) is 52.0 Å². The Balaban J connectivity index is 0.000000152. The van der Waals surface area contributed by atoms with E-state index in [4.69, 9.17) is 9.47 Å². The molecular formula is C44H48O4. The Hall–Kier alpha value is -4.18. The summed E-state index contributed by atoms with van der Waals surface area (Å²) in [7, 11) is 0. The first kappa shape index (κ1) is 32.4. The smallest absolute Gasteiger partial charge is 0.314 e. The van der Waals surface area contributed by atoms with Crippen LogP contribution < -0.4 is 0 Å². The minimum absolute atomic E-state index is 0.0620. The summed E-state index contributed by atoms with van der Waals surface area (Å²) in [5, 5.41) is 0. The fourth-order valence-electron chi connectivity index (χ4n) is 8.76. The maximum atomic E-state index is 12.8. The van der Waals surface area contributed by atoms with E-state index in [-0.39, 0.29) is 34.6 Å². The second-order valence-corrected chi connectivity index (χ2v) is 15.6. The van der Waals surface area contributed by atoms with Gasteiger partial charge in [0.25, 0.3) is 0 Å². The van der Waals surface area contributed by atoms with Crippen molar-refractivity contribution in [2.24, 2.45) is 22.7 Å². The van der Waals surface area contributed by atoms with Crippen LogP contribution in [0, 0.1) is 22.7 Å². The molecule has 0 aromatic heterocycles. The summed E-state index contributed by atoms with van der Waals surface area (Å²) < 4.78 is 12.5. The van der Waals surface area contributed by atoms with Crippen molar-refractivity contribution in [2.75, 3.05) is 0 Å². The number of cyclic esters (lactones) is 2. The fourth-order valence-corrected chi connectivity index (χ4v) is 8.76. The monoisotopic (exact) mass is 640 g/mol. The molecule has 2 heterocycles. The molecule has 0 radical (unpaired) electrons. The van der Waals surface area contributed by atoms with Crippen LogP contribution in [0.4, 0.5) is 0 Å².